The van der Waals surface area contributed by atoms with E-state index in [1.54, 1.807) is 12.0 Å². The number of fused-ring (bicyclic) bond motifs is 6. The van der Waals surface area contributed by atoms with E-state index in [9.17, 15) is 10.2 Å². The number of hydrogen-bond acceptors (Lipinski definition) is 3. The first kappa shape index (κ1) is 22.6. The number of aliphatic hydroxyl groups excluding tert-OH is 2. The van der Waals surface area contributed by atoms with Crippen molar-refractivity contribution in [2.45, 2.75) is 110 Å². The summed E-state index contributed by atoms with van der Waals surface area (Å²) in [6, 6.07) is 0. The molecule has 0 aromatic heterocycles. The average molecular weight is 480 g/mol. The third kappa shape index (κ3) is 2.16. The number of allylic oxidation sites excluding steroid dienone is 1. The SMILES string of the molecule is C[C@H]1C[C@H]2CC34CC[C@H]5[C@@H]6CC=C7C[C@@H](O)CC[C@]7(C)[C@@]6(C)CC56CC36C[C@@H]4C2(C)N(CCO)C1. The Morgan fingerprint density at radius 3 is 2.66 bits per heavy atom. The van der Waals surface area contributed by atoms with E-state index in [2.05, 4.69) is 38.7 Å². The second kappa shape index (κ2) is 6.42. The summed E-state index contributed by atoms with van der Waals surface area (Å²) < 4.78 is 0. The second-order valence-corrected chi connectivity index (χ2v) is 16.0. The zero-order valence-electron chi connectivity index (χ0n) is 22.8. The Balaban J connectivity index is 1.16. The van der Waals surface area contributed by atoms with Gasteiger partial charge in [-0.25, -0.2) is 0 Å². The molecule has 2 N–H and O–H groups in total. The molecule has 7 fully saturated rings. The molecular weight excluding hydrogens is 430 g/mol. The molecule has 0 radical (unpaired) electrons. The minimum Gasteiger partial charge on any atom is -0.395 e. The van der Waals surface area contributed by atoms with E-state index < -0.39 is 0 Å². The van der Waals surface area contributed by atoms with Gasteiger partial charge in [0, 0.05) is 18.6 Å². The van der Waals surface area contributed by atoms with Crippen molar-refractivity contribution in [3.05, 3.63) is 11.6 Å². The summed E-state index contributed by atoms with van der Waals surface area (Å²) in [5, 5.41) is 20.4. The number of hydrogen-bond donors (Lipinski definition) is 2. The molecule has 12 atom stereocenters. The van der Waals surface area contributed by atoms with Crippen LogP contribution in [0.4, 0.5) is 0 Å². The summed E-state index contributed by atoms with van der Waals surface area (Å²) in [7, 11) is 0. The quantitative estimate of drug-likeness (QED) is 0.492. The van der Waals surface area contributed by atoms with Crippen LogP contribution in [0.3, 0.4) is 0 Å². The molecule has 7 aliphatic carbocycles. The Morgan fingerprint density at radius 2 is 1.86 bits per heavy atom. The van der Waals surface area contributed by atoms with Crippen molar-refractivity contribution < 1.29 is 10.2 Å². The first-order valence-electron chi connectivity index (χ1n) is 15.3. The van der Waals surface area contributed by atoms with Crippen molar-refractivity contribution in [1.29, 1.82) is 0 Å². The lowest BCUT2D eigenvalue weighted by Crippen LogP contribution is -2.65. The molecule has 0 aromatic carbocycles. The van der Waals surface area contributed by atoms with Gasteiger partial charge in [-0.1, -0.05) is 32.4 Å². The highest BCUT2D eigenvalue weighted by Gasteiger charge is 2.92. The fourth-order valence-electron chi connectivity index (χ4n) is 14.1. The molecule has 1 saturated heterocycles. The highest BCUT2D eigenvalue weighted by Crippen LogP contribution is 2.98. The van der Waals surface area contributed by atoms with Crippen molar-refractivity contribution in [2.75, 3.05) is 19.7 Å². The zero-order valence-corrected chi connectivity index (χ0v) is 22.8. The van der Waals surface area contributed by atoms with Crippen LogP contribution in [0.1, 0.15) is 98.3 Å². The molecule has 3 spiro atoms. The molecule has 0 amide bonds. The summed E-state index contributed by atoms with van der Waals surface area (Å²) in [5.74, 6) is 4.29. The lowest BCUT2D eigenvalue weighted by atomic mass is 9.42. The van der Waals surface area contributed by atoms with Crippen LogP contribution in [0.5, 0.6) is 0 Å². The molecule has 194 valence electrons. The predicted octanol–water partition coefficient (Wildman–Crippen LogP) is 5.80. The molecule has 8 aliphatic rings. The van der Waals surface area contributed by atoms with Gasteiger partial charge in [-0.3, -0.25) is 4.90 Å². The molecule has 4 unspecified atom stereocenters. The van der Waals surface area contributed by atoms with Crippen LogP contribution in [-0.4, -0.2) is 46.5 Å². The fourth-order valence-corrected chi connectivity index (χ4v) is 14.1. The van der Waals surface area contributed by atoms with E-state index >= 15 is 0 Å². The van der Waals surface area contributed by atoms with Gasteiger partial charge >= 0.3 is 0 Å². The lowest BCUT2D eigenvalue weighted by Gasteiger charge is -2.65. The van der Waals surface area contributed by atoms with Crippen LogP contribution >= 0.6 is 0 Å². The Morgan fingerprint density at radius 1 is 1.03 bits per heavy atom. The molecule has 1 heterocycles. The Hall–Kier alpha value is -0.380. The van der Waals surface area contributed by atoms with E-state index in [0.29, 0.717) is 39.2 Å². The molecule has 0 bridgehead atoms. The van der Waals surface area contributed by atoms with Crippen LogP contribution in [0.2, 0.25) is 0 Å². The standard InChI is InChI=1S/C32H49NO2/c1-20-13-22-15-30-10-8-25-24-6-5-21-14-23(35)7-9-27(21,2)28(24,3)18-31(25)19-32(30,31)16-26(30)29(22,4)33(17-20)11-12-34/h5,20,22-26,34-35H,6-19H2,1-4H3/t20-,22-,23-,24-,25-,26+,27-,28-,29?,30?,31?,32?/m0/s1. The van der Waals surface area contributed by atoms with Crippen molar-refractivity contribution in [3.8, 4) is 0 Å². The summed E-state index contributed by atoms with van der Waals surface area (Å²) >= 11 is 0. The average Bonchev–Trinajstić information content (AvgIpc) is 3.35. The third-order valence-electron chi connectivity index (χ3n) is 15.6. The normalized spacial score (nSPS) is 63.9. The molecule has 8 rings (SSSR count). The fraction of sp³-hybridized carbons (Fsp3) is 0.938. The van der Waals surface area contributed by atoms with Gasteiger partial charge in [0.1, 0.15) is 0 Å². The third-order valence-corrected chi connectivity index (χ3v) is 15.6. The maximum absolute atomic E-state index is 10.5. The number of piperidine rings is 1. The number of aliphatic hydroxyl groups is 2. The minimum absolute atomic E-state index is 0.105. The number of rotatable bonds is 2. The predicted molar refractivity (Wildman–Crippen MR) is 139 cm³/mol. The molecule has 0 aromatic rings. The van der Waals surface area contributed by atoms with Gasteiger partial charge in [0.2, 0.25) is 0 Å². The number of nitrogens with zero attached hydrogens (tertiary/aromatic N) is 1. The topological polar surface area (TPSA) is 43.7 Å². The van der Waals surface area contributed by atoms with Gasteiger partial charge in [0.15, 0.2) is 0 Å². The van der Waals surface area contributed by atoms with Gasteiger partial charge in [0.25, 0.3) is 0 Å². The number of β-amino-alcohol motifs (C(OH)–C–C–N with tert-alkyl or cyclic N) is 1. The van der Waals surface area contributed by atoms with E-state index in [1.807, 2.05) is 0 Å². The van der Waals surface area contributed by atoms with Crippen molar-refractivity contribution in [3.63, 3.8) is 0 Å². The van der Waals surface area contributed by atoms with Crippen molar-refractivity contribution >= 4 is 0 Å². The van der Waals surface area contributed by atoms with Crippen LogP contribution in [0.25, 0.3) is 0 Å². The largest absolute Gasteiger partial charge is 0.395 e. The second-order valence-electron chi connectivity index (χ2n) is 16.0. The van der Waals surface area contributed by atoms with Crippen LogP contribution in [-0.2, 0) is 0 Å². The molecule has 35 heavy (non-hydrogen) atoms. The zero-order chi connectivity index (χ0) is 24.2. The Labute approximate surface area is 213 Å². The molecule has 6 saturated carbocycles. The van der Waals surface area contributed by atoms with Crippen LogP contribution in [0, 0.1) is 56.7 Å². The lowest BCUT2D eigenvalue weighted by molar-refractivity contribution is -0.165. The first-order valence-corrected chi connectivity index (χ1v) is 15.3. The molecule has 3 nitrogen and oxygen atoms in total. The van der Waals surface area contributed by atoms with Gasteiger partial charge in [0.05, 0.1) is 12.7 Å². The van der Waals surface area contributed by atoms with Crippen molar-refractivity contribution in [1.82, 2.24) is 4.90 Å². The highest BCUT2D eigenvalue weighted by atomic mass is 16.3. The van der Waals surface area contributed by atoms with Gasteiger partial charge in [-0.15, -0.1) is 0 Å². The summed E-state index contributed by atoms with van der Waals surface area (Å²) in [6.07, 6.45) is 17.3. The van der Waals surface area contributed by atoms with Crippen LogP contribution < -0.4 is 0 Å². The maximum atomic E-state index is 10.5. The monoisotopic (exact) mass is 479 g/mol. The smallest absolute Gasteiger partial charge is 0.0577 e. The molecular formula is C32H49NO2. The van der Waals surface area contributed by atoms with E-state index in [1.165, 1.54) is 57.9 Å². The highest BCUT2D eigenvalue weighted by molar-refractivity contribution is 5.43. The number of likely N-dealkylation sites (tertiary alicyclic amines) is 1. The van der Waals surface area contributed by atoms with E-state index in [-0.39, 0.29) is 6.10 Å². The van der Waals surface area contributed by atoms with E-state index in [4.69, 9.17) is 0 Å². The van der Waals surface area contributed by atoms with Gasteiger partial charge in [-0.05, 0) is 134 Å². The van der Waals surface area contributed by atoms with E-state index in [0.717, 1.165) is 49.0 Å². The first-order chi connectivity index (χ1) is 16.6. The minimum atomic E-state index is -0.105. The molecule has 1 aliphatic heterocycles. The van der Waals surface area contributed by atoms with Crippen LogP contribution in [0.15, 0.2) is 11.6 Å². The summed E-state index contributed by atoms with van der Waals surface area (Å²) in [6.45, 7) is 12.8. The van der Waals surface area contributed by atoms with Gasteiger partial charge < -0.3 is 10.2 Å². The van der Waals surface area contributed by atoms with Gasteiger partial charge in [-0.2, -0.15) is 0 Å². The Kier molecular flexibility index (Phi) is 4.15. The maximum Gasteiger partial charge on any atom is 0.0577 e. The summed E-state index contributed by atoms with van der Waals surface area (Å²) in [5.41, 5.74) is 4.55. The Bertz CT molecular complexity index is 1010. The van der Waals surface area contributed by atoms with Crippen molar-refractivity contribution in [2.24, 2.45) is 56.7 Å². The summed E-state index contributed by atoms with van der Waals surface area (Å²) in [4.78, 5) is 2.76. The molecule has 3 heteroatoms.